The monoisotopic (exact) mass is 229 g/mol. The van der Waals surface area contributed by atoms with Gasteiger partial charge in [0.15, 0.2) is 5.82 Å². The fourth-order valence-corrected chi connectivity index (χ4v) is 1.57. The van der Waals surface area contributed by atoms with Crippen LogP contribution in [0.25, 0.3) is 0 Å². The van der Waals surface area contributed by atoms with Crippen molar-refractivity contribution < 1.29 is 0 Å². The first kappa shape index (κ1) is 12.0. The van der Waals surface area contributed by atoms with Gasteiger partial charge >= 0.3 is 0 Å². The van der Waals surface area contributed by atoms with Crippen LogP contribution in [0.5, 0.6) is 0 Å². The predicted octanol–water partition coefficient (Wildman–Crippen LogP) is 1.91. The number of nitrogens with one attached hydrogen (secondary N) is 1. The van der Waals surface area contributed by atoms with Gasteiger partial charge in [-0.25, -0.2) is 4.98 Å². The number of anilines is 1. The first-order valence-corrected chi connectivity index (χ1v) is 5.38. The summed E-state index contributed by atoms with van der Waals surface area (Å²) >= 11 is 5.87. The smallest absolute Gasteiger partial charge is 0.271 e. The van der Waals surface area contributed by atoms with Crippen molar-refractivity contribution >= 4 is 17.4 Å². The topological polar surface area (TPSA) is 49.0 Å². The van der Waals surface area contributed by atoms with E-state index in [9.17, 15) is 4.79 Å². The predicted molar refractivity (Wildman–Crippen MR) is 62.6 cm³/mol. The summed E-state index contributed by atoms with van der Waals surface area (Å²) < 4.78 is 0. The van der Waals surface area contributed by atoms with E-state index in [0.29, 0.717) is 11.7 Å². The number of hydrogen-bond acceptors (Lipinski definition) is 3. The summed E-state index contributed by atoms with van der Waals surface area (Å²) in [5.74, 6) is 1.09. The molecule has 0 aromatic carbocycles. The van der Waals surface area contributed by atoms with Crippen molar-refractivity contribution in [2.24, 2.45) is 5.92 Å². The van der Waals surface area contributed by atoms with Crippen LogP contribution in [-0.4, -0.2) is 23.6 Å². The summed E-state index contributed by atoms with van der Waals surface area (Å²) in [6.45, 7) is 5.12. The van der Waals surface area contributed by atoms with Crippen molar-refractivity contribution in [2.45, 2.75) is 20.3 Å². The first-order valence-electron chi connectivity index (χ1n) is 5.00. The molecule has 0 spiro atoms. The van der Waals surface area contributed by atoms with E-state index in [4.69, 9.17) is 11.6 Å². The molecule has 1 unspecified atom stereocenters. The largest absolute Gasteiger partial charge is 0.358 e. The zero-order valence-corrected chi connectivity index (χ0v) is 10.0. The van der Waals surface area contributed by atoms with Crippen LogP contribution in [0.4, 0.5) is 5.82 Å². The number of nitrogens with zero attached hydrogens (tertiary/aromatic N) is 2. The number of hydrogen-bond donors (Lipinski definition) is 1. The van der Waals surface area contributed by atoms with Crippen molar-refractivity contribution in [2.75, 3.05) is 18.5 Å². The molecular weight excluding hydrogens is 214 g/mol. The maximum atomic E-state index is 11.2. The Hall–Kier alpha value is -1.03. The molecule has 1 N–H and O–H groups in total. The van der Waals surface area contributed by atoms with Crippen LogP contribution in [0.15, 0.2) is 11.1 Å². The zero-order chi connectivity index (χ0) is 11.4. The Bertz CT molecular complexity index is 377. The van der Waals surface area contributed by atoms with Crippen molar-refractivity contribution in [3.05, 3.63) is 21.7 Å². The van der Waals surface area contributed by atoms with E-state index in [0.717, 1.165) is 13.0 Å². The molecule has 0 radical (unpaired) electrons. The van der Waals surface area contributed by atoms with Crippen LogP contribution in [0.1, 0.15) is 20.3 Å². The average molecular weight is 230 g/mol. The lowest BCUT2D eigenvalue weighted by Crippen LogP contribution is -2.26. The highest BCUT2D eigenvalue weighted by molar-refractivity contribution is 6.32. The SMILES string of the molecule is CCC(C)CN(C)c1nc[nH]c(=O)c1Cl. The average Bonchev–Trinajstić information content (AvgIpc) is 2.21. The van der Waals surface area contributed by atoms with Crippen molar-refractivity contribution in [3.63, 3.8) is 0 Å². The van der Waals surface area contributed by atoms with E-state index >= 15 is 0 Å². The third kappa shape index (κ3) is 2.96. The molecule has 84 valence electrons. The summed E-state index contributed by atoms with van der Waals surface area (Å²) in [4.78, 5) is 19.7. The maximum Gasteiger partial charge on any atom is 0.271 e. The van der Waals surface area contributed by atoms with Crippen LogP contribution in [0.2, 0.25) is 5.02 Å². The Morgan fingerprint density at radius 3 is 2.93 bits per heavy atom. The van der Waals surface area contributed by atoms with Crippen molar-refractivity contribution in [1.82, 2.24) is 9.97 Å². The summed E-state index contributed by atoms with van der Waals surface area (Å²) in [5, 5.41) is 0.156. The molecule has 1 aromatic rings. The van der Waals surface area contributed by atoms with Crippen LogP contribution >= 0.6 is 11.6 Å². The number of halogens is 1. The fraction of sp³-hybridized carbons (Fsp3) is 0.600. The first-order chi connectivity index (χ1) is 7.06. The molecule has 0 saturated heterocycles. The van der Waals surface area contributed by atoms with Crippen LogP contribution in [0, 0.1) is 5.92 Å². The Labute approximate surface area is 94.3 Å². The van der Waals surface area contributed by atoms with Gasteiger partial charge in [-0.3, -0.25) is 4.79 Å². The van der Waals surface area contributed by atoms with E-state index in [1.54, 1.807) is 0 Å². The molecule has 1 atom stereocenters. The van der Waals surface area contributed by atoms with Crippen molar-refractivity contribution in [1.29, 1.82) is 0 Å². The summed E-state index contributed by atoms with van der Waals surface area (Å²) in [6, 6.07) is 0. The van der Waals surface area contributed by atoms with E-state index < -0.39 is 0 Å². The molecule has 1 aromatic heterocycles. The lowest BCUT2D eigenvalue weighted by molar-refractivity contribution is 0.557. The molecular formula is C10H16ClN3O. The number of aromatic nitrogens is 2. The van der Waals surface area contributed by atoms with Gasteiger partial charge in [-0.05, 0) is 5.92 Å². The Morgan fingerprint density at radius 1 is 1.67 bits per heavy atom. The van der Waals surface area contributed by atoms with Crippen LogP contribution < -0.4 is 10.5 Å². The van der Waals surface area contributed by atoms with Gasteiger partial charge in [0.1, 0.15) is 5.02 Å². The molecule has 0 fully saturated rings. The standard InChI is InChI=1S/C10H16ClN3O/c1-4-7(2)5-14(3)9-8(11)10(15)13-6-12-9/h6-7H,4-5H2,1-3H3,(H,12,13,15). The maximum absolute atomic E-state index is 11.2. The second kappa shape index (κ2) is 5.16. The summed E-state index contributed by atoms with van der Waals surface area (Å²) in [5.41, 5.74) is -0.294. The van der Waals surface area contributed by atoms with E-state index in [-0.39, 0.29) is 10.6 Å². The van der Waals surface area contributed by atoms with Gasteiger partial charge in [0, 0.05) is 13.6 Å². The van der Waals surface area contributed by atoms with Gasteiger partial charge in [0.2, 0.25) is 0 Å². The lowest BCUT2D eigenvalue weighted by Gasteiger charge is -2.21. The minimum atomic E-state index is -0.294. The third-order valence-electron chi connectivity index (χ3n) is 2.42. The highest BCUT2D eigenvalue weighted by Gasteiger charge is 2.12. The molecule has 0 aliphatic heterocycles. The van der Waals surface area contributed by atoms with Gasteiger partial charge in [0.05, 0.1) is 6.33 Å². The van der Waals surface area contributed by atoms with E-state index in [2.05, 4.69) is 23.8 Å². The summed E-state index contributed by atoms with van der Waals surface area (Å²) in [7, 11) is 1.89. The second-order valence-corrected chi connectivity index (χ2v) is 4.14. The van der Waals surface area contributed by atoms with Gasteiger partial charge in [-0.1, -0.05) is 31.9 Å². The third-order valence-corrected chi connectivity index (χ3v) is 2.76. The molecule has 0 amide bonds. The Kier molecular flexibility index (Phi) is 4.15. The van der Waals surface area contributed by atoms with Crippen LogP contribution in [0.3, 0.4) is 0 Å². The van der Waals surface area contributed by atoms with E-state index in [1.807, 2.05) is 11.9 Å². The minimum absolute atomic E-state index is 0.156. The normalized spacial score (nSPS) is 12.5. The molecule has 15 heavy (non-hydrogen) atoms. The fourth-order valence-electron chi connectivity index (χ4n) is 1.32. The number of rotatable bonds is 4. The Morgan fingerprint density at radius 2 is 2.33 bits per heavy atom. The second-order valence-electron chi connectivity index (χ2n) is 3.76. The quantitative estimate of drug-likeness (QED) is 0.858. The number of aromatic amines is 1. The zero-order valence-electron chi connectivity index (χ0n) is 9.25. The molecule has 1 rings (SSSR count). The number of H-pyrrole nitrogens is 1. The highest BCUT2D eigenvalue weighted by atomic mass is 35.5. The van der Waals surface area contributed by atoms with Gasteiger partial charge in [-0.15, -0.1) is 0 Å². The highest BCUT2D eigenvalue weighted by Crippen LogP contribution is 2.18. The van der Waals surface area contributed by atoms with Gasteiger partial charge < -0.3 is 9.88 Å². The summed E-state index contributed by atoms with van der Waals surface area (Å²) in [6.07, 6.45) is 2.46. The van der Waals surface area contributed by atoms with Gasteiger partial charge in [0.25, 0.3) is 5.56 Å². The molecule has 0 bridgehead atoms. The molecule has 0 aliphatic rings. The Balaban J connectivity index is 2.87. The molecule has 0 aliphatic carbocycles. The lowest BCUT2D eigenvalue weighted by atomic mass is 10.1. The van der Waals surface area contributed by atoms with Gasteiger partial charge in [-0.2, -0.15) is 0 Å². The van der Waals surface area contributed by atoms with Crippen molar-refractivity contribution in [3.8, 4) is 0 Å². The molecule has 4 nitrogen and oxygen atoms in total. The van der Waals surface area contributed by atoms with Crippen LogP contribution in [-0.2, 0) is 0 Å². The minimum Gasteiger partial charge on any atom is -0.358 e. The molecule has 0 saturated carbocycles. The molecule has 5 heteroatoms. The molecule has 1 heterocycles. The van der Waals surface area contributed by atoms with E-state index in [1.165, 1.54) is 6.33 Å².